The zero-order valence-electron chi connectivity index (χ0n) is 14.4. The first-order chi connectivity index (χ1) is 12.2. The molecule has 2 aromatic rings. The van der Waals surface area contributed by atoms with E-state index >= 15 is 0 Å². The maximum atomic E-state index is 12.3. The van der Waals surface area contributed by atoms with Gasteiger partial charge in [-0.2, -0.15) is 5.10 Å². The Hall–Kier alpha value is -2.50. The third kappa shape index (κ3) is 3.62. The van der Waals surface area contributed by atoms with Crippen molar-refractivity contribution in [2.75, 3.05) is 19.8 Å². The van der Waals surface area contributed by atoms with Gasteiger partial charge >= 0.3 is 0 Å². The smallest absolute Gasteiger partial charge is 0.223 e. The number of aryl methyl sites for hydroxylation is 2. The lowest BCUT2D eigenvalue weighted by Crippen LogP contribution is -2.27. The fraction of sp³-hybridized carbons (Fsp3) is 0.474. The van der Waals surface area contributed by atoms with E-state index in [0.29, 0.717) is 25.7 Å². The van der Waals surface area contributed by atoms with Crippen LogP contribution in [-0.4, -0.2) is 35.4 Å². The van der Waals surface area contributed by atoms with E-state index in [1.165, 1.54) is 0 Å². The number of nitrogens with zero attached hydrogens (tertiary/aromatic N) is 2. The van der Waals surface area contributed by atoms with Gasteiger partial charge in [0.1, 0.15) is 13.2 Å². The summed E-state index contributed by atoms with van der Waals surface area (Å²) in [6.07, 6.45) is 5.65. The molecule has 1 aromatic carbocycles. The highest BCUT2D eigenvalue weighted by Gasteiger charge is 2.44. The number of rotatable bonds is 6. The van der Waals surface area contributed by atoms with Gasteiger partial charge in [0.2, 0.25) is 5.91 Å². The number of ether oxygens (including phenoxy) is 2. The molecule has 1 amide bonds. The van der Waals surface area contributed by atoms with E-state index in [1.807, 2.05) is 42.2 Å². The first-order valence-electron chi connectivity index (χ1n) is 8.87. The highest BCUT2D eigenvalue weighted by Crippen LogP contribution is 2.49. The van der Waals surface area contributed by atoms with E-state index in [0.717, 1.165) is 42.0 Å². The number of nitrogens with one attached hydrogen (secondary N) is 1. The van der Waals surface area contributed by atoms with Gasteiger partial charge in [0.05, 0.1) is 6.20 Å². The van der Waals surface area contributed by atoms with E-state index < -0.39 is 0 Å². The minimum atomic E-state index is 0.0782. The number of hydrogen-bond acceptors (Lipinski definition) is 4. The number of carbonyl (C=O) groups is 1. The summed E-state index contributed by atoms with van der Waals surface area (Å²) >= 11 is 0. The van der Waals surface area contributed by atoms with Crippen LogP contribution in [0.25, 0.3) is 0 Å². The standard InChI is InChI=1S/C19H23N3O3/c1-13-11-21-22(12-13)6-2-5-20-19(23)16-10-15(16)14-3-4-17-18(9-14)25-8-7-24-17/h3-4,9,11-12,15-16H,2,5-8,10H2,1H3,(H,20,23)/t15-,16+/m1/s1. The largest absolute Gasteiger partial charge is 0.486 e. The fourth-order valence-electron chi connectivity index (χ4n) is 3.32. The number of carbonyl (C=O) groups excluding carboxylic acids is 1. The number of fused-ring (bicyclic) bond motifs is 1. The van der Waals surface area contributed by atoms with Crippen molar-refractivity contribution >= 4 is 5.91 Å². The molecule has 1 fully saturated rings. The van der Waals surface area contributed by atoms with Gasteiger partial charge in [0.25, 0.3) is 0 Å². The van der Waals surface area contributed by atoms with Crippen LogP contribution in [0.4, 0.5) is 0 Å². The Morgan fingerprint density at radius 3 is 2.96 bits per heavy atom. The van der Waals surface area contributed by atoms with Crippen LogP contribution in [0.2, 0.25) is 0 Å². The third-order valence-corrected chi connectivity index (χ3v) is 4.75. The molecule has 1 aliphatic heterocycles. The van der Waals surface area contributed by atoms with Crippen molar-refractivity contribution in [3.05, 3.63) is 41.7 Å². The first kappa shape index (κ1) is 16.0. The number of hydrogen-bond donors (Lipinski definition) is 1. The van der Waals surface area contributed by atoms with Gasteiger partial charge in [0.15, 0.2) is 11.5 Å². The van der Waals surface area contributed by atoms with Gasteiger partial charge < -0.3 is 14.8 Å². The molecule has 0 radical (unpaired) electrons. The van der Waals surface area contributed by atoms with Gasteiger partial charge in [-0.1, -0.05) is 6.07 Å². The molecule has 0 bridgehead atoms. The minimum Gasteiger partial charge on any atom is -0.486 e. The molecule has 132 valence electrons. The van der Waals surface area contributed by atoms with Gasteiger partial charge in [-0.25, -0.2) is 0 Å². The highest BCUT2D eigenvalue weighted by molar-refractivity contribution is 5.82. The Kier molecular flexibility index (Phi) is 4.34. The van der Waals surface area contributed by atoms with Crippen molar-refractivity contribution in [1.82, 2.24) is 15.1 Å². The quantitative estimate of drug-likeness (QED) is 0.819. The molecule has 25 heavy (non-hydrogen) atoms. The van der Waals surface area contributed by atoms with E-state index in [1.54, 1.807) is 0 Å². The van der Waals surface area contributed by atoms with Crippen LogP contribution >= 0.6 is 0 Å². The second kappa shape index (κ2) is 6.78. The molecule has 2 aliphatic rings. The molecule has 2 heterocycles. The van der Waals surface area contributed by atoms with Crippen LogP contribution in [0.3, 0.4) is 0 Å². The fourth-order valence-corrected chi connectivity index (χ4v) is 3.32. The number of amides is 1. The summed E-state index contributed by atoms with van der Waals surface area (Å²) < 4.78 is 13.1. The normalized spacial score (nSPS) is 21.0. The average molecular weight is 341 g/mol. The zero-order chi connectivity index (χ0) is 17.2. The second-order valence-corrected chi connectivity index (χ2v) is 6.78. The molecule has 6 heteroatoms. The molecule has 1 aliphatic carbocycles. The summed E-state index contributed by atoms with van der Waals surface area (Å²) in [5, 5.41) is 7.30. The highest BCUT2D eigenvalue weighted by atomic mass is 16.6. The van der Waals surface area contributed by atoms with Gasteiger partial charge in [-0.15, -0.1) is 0 Å². The SMILES string of the molecule is Cc1cnn(CCCNC(=O)[C@H]2C[C@@H]2c2ccc3c(c2)OCCO3)c1. The molecule has 0 spiro atoms. The summed E-state index contributed by atoms with van der Waals surface area (Å²) in [7, 11) is 0. The van der Waals surface area contributed by atoms with Crippen LogP contribution < -0.4 is 14.8 Å². The van der Waals surface area contributed by atoms with Gasteiger partial charge in [-0.05, 0) is 48.9 Å². The Morgan fingerprint density at radius 1 is 1.32 bits per heavy atom. The lowest BCUT2D eigenvalue weighted by molar-refractivity contribution is -0.122. The van der Waals surface area contributed by atoms with Gasteiger partial charge in [-0.3, -0.25) is 9.48 Å². The molecule has 1 N–H and O–H groups in total. The molecule has 6 nitrogen and oxygen atoms in total. The van der Waals surface area contributed by atoms with Crippen LogP contribution in [0.15, 0.2) is 30.6 Å². The molecule has 0 saturated heterocycles. The summed E-state index contributed by atoms with van der Waals surface area (Å²) in [4.78, 5) is 12.3. The topological polar surface area (TPSA) is 65.4 Å². The maximum Gasteiger partial charge on any atom is 0.223 e. The van der Waals surface area contributed by atoms with Crippen molar-refractivity contribution in [2.45, 2.75) is 32.2 Å². The van der Waals surface area contributed by atoms with Crippen LogP contribution in [0.1, 0.15) is 29.9 Å². The summed E-state index contributed by atoms with van der Waals surface area (Å²) in [5.74, 6) is 2.12. The van der Waals surface area contributed by atoms with E-state index in [4.69, 9.17) is 9.47 Å². The molecule has 4 rings (SSSR count). The molecule has 1 aromatic heterocycles. The predicted octanol–water partition coefficient (Wildman–Crippen LogP) is 2.27. The van der Waals surface area contributed by atoms with Crippen LogP contribution in [0, 0.1) is 12.8 Å². The number of benzene rings is 1. The Morgan fingerprint density at radius 2 is 2.16 bits per heavy atom. The zero-order valence-corrected chi connectivity index (χ0v) is 14.4. The lowest BCUT2D eigenvalue weighted by atomic mass is 10.1. The molecule has 1 saturated carbocycles. The molecule has 2 atom stereocenters. The van der Waals surface area contributed by atoms with Crippen LogP contribution in [-0.2, 0) is 11.3 Å². The third-order valence-electron chi connectivity index (χ3n) is 4.75. The Bertz CT molecular complexity index is 771. The van der Waals surface area contributed by atoms with Crippen molar-refractivity contribution in [3.8, 4) is 11.5 Å². The summed E-state index contributed by atoms with van der Waals surface area (Å²) in [5.41, 5.74) is 2.32. The lowest BCUT2D eigenvalue weighted by Gasteiger charge is -2.18. The van der Waals surface area contributed by atoms with E-state index in [2.05, 4.69) is 10.4 Å². The minimum absolute atomic E-state index is 0.0782. The van der Waals surface area contributed by atoms with Crippen LogP contribution in [0.5, 0.6) is 11.5 Å². The van der Waals surface area contributed by atoms with Crippen molar-refractivity contribution in [2.24, 2.45) is 5.92 Å². The first-order valence-corrected chi connectivity index (χ1v) is 8.87. The molecule has 0 unspecified atom stereocenters. The van der Waals surface area contributed by atoms with E-state index in [-0.39, 0.29) is 11.8 Å². The van der Waals surface area contributed by atoms with Crippen molar-refractivity contribution in [3.63, 3.8) is 0 Å². The molecular weight excluding hydrogens is 318 g/mol. The van der Waals surface area contributed by atoms with Crippen molar-refractivity contribution < 1.29 is 14.3 Å². The summed E-state index contributed by atoms with van der Waals surface area (Å²) in [6, 6.07) is 6.02. The Balaban J connectivity index is 1.24. The Labute approximate surface area is 147 Å². The second-order valence-electron chi connectivity index (χ2n) is 6.78. The summed E-state index contributed by atoms with van der Waals surface area (Å²) in [6.45, 7) is 4.71. The monoisotopic (exact) mass is 341 g/mol. The van der Waals surface area contributed by atoms with E-state index in [9.17, 15) is 4.79 Å². The molecular formula is C19H23N3O3. The average Bonchev–Trinajstić information content (AvgIpc) is 3.33. The predicted molar refractivity (Wildman–Crippen MR) is 92.9 cm³/mol. The van der Waals surface area contributed by atoms with Gasteiger partial charge in [0, 0.05) is 25.2 Å². The van der Waals surface area contributed by atoms with Crippen molar-refractivity contribution in [1.29, 1.82) is 0 Å². The maximum absolute atomic E-state index is 12.3. The number of aromatic nitrogens is 2.